The molecule has 0 amide bonds. The van der Waals surface area contributed by atoms with Crippen molar-refractivity contribution in [3.8, 4) is 11.1 Å². The van der Waals surface area contributed by atoms with Gasteiger partial charge in [0.25, 0.3) is 0 Å². The van der Waals surface area contributed by atoms with E-state index < -0.39 is 0 Å². The van der Waals surface area contributed by atoms with Crippen molar-refractivity contribution in [3.05, 3.63) is 40.8 Å². The molecule has 0 aliphatic rings. The van der Waals surface area contributed by atoms with Gasteiger partial charge in [0.15, 0.2) is 5.82 Å². The van der Waals surface area contributed by atoms with E-state index in [1.165, 1.54) is 0 Å². The van der Waals surface area contributed by atoms with Crippen LogP contribution in [0, 0.1) is 0 Å². The summed E-state index contributed by atoms with van der Waals surface area (Å²) in [7, 11) is 2.03. The minimum absolute atomic E-state index is 0.624. The van der Waals surface area contributed by atoms with E-state index in [-0.39, 0.29) is 0 Å². The third-order valence-corrected chi connectivity index (χ3v) is 4.79. The van der Waals surface area contributed by atoms with Gasteiger partial charge < -0.3 is 9.47 Å². The number of anilines is 1. The third kappa shape index (κ3) is 3.46. The maximum absolute atomic E-state index is 6.43. The molecule has 0 bridgehead atoms. The number of benzene rings is 1. The van der Waals surface area contributed by atoms with Gasteiger partial charge in [0, 0.05) is 42.5 Å². The predicted molar refractivity (Wildman–Crippen MR) is 107 cm³/mol. The fourth-order valence-electron chi connectivity index (χ4n) is 3.21. The molecule has 2 heterocycles. The van der Waals surface area contributed by atoms with E-state index in [1.54, 1.807) is 12.4 Å². The van der Waals surface area contributed by atoms with Gasteiger partial charge in [0.05, 0.1) is 5.02 Å². The second-order valence-corrected chi connectivity index (χ2v) is 7.00. The molecular formula is C19H22Cl2N4. The second kappa shape index (κ2) is 7.63. The lowest BCUT2D eigenvalue weighted by Gasteiger charge is -2.23. The largest absolute Gasteiger partial charge is 0.355 e. The average molecular weight is 377 g/mol. The Balaban J connectivity index is 2.20. The highest BCUT2D eigenvalue weighted by atomic mass is 35.5. The van der Waals surface area contributed by atoms with Crippen LogP contribution in [0.4, 0.5) is 5.82 Å². The lowest BCUT2D eigenvalue weighted by molar-refractivity contribution is 0.733. The van der Waals surface area contributed by atoms with E-state index >= 15 is 0 Å². The van der Waals surface area contributed by atoms with Gasteiger partial charge in [-0.1, -0.05) is 43.1 Å². The topological polar surface area (TPSA) is 34.0 Å². The zero-order valence-electron chi connectivity index (χ0n) is 14.8. The molecule has 6 heteroatoms. The average Bonchev–Trinajstić information content (AvgIpc) is 2.92. The zero-order chi connectivity index (χ0) is 18.0. The van der Waals surface area contributed by atoms with E-state index in [0.29, 0.717) is 10.0 Å². The molecule has 0 aliphatic carbocycles. The highest BCUT2D eigenvalue weighted by Gasteiger charge is 2.19. The molecular weight excluding hydrogens is 355 g/mol. The molecule has 2 aromatic heterocycles. The van der Waals surface area contributed by atoms with Crippen LogP contribution in [-0.2, 0) is 7.05 Å². The number of hydrogen-bond acceptors (Lipinski definition) is 3. The van der Waals surface area contributed by atoms with E-state index in [1.807, 2.05) is 19.2 Å². The maximum atomic E-state index is 6.43. The third-order valence-electron chi connectivity index (χ3n) is 4.24. The highest BCUT2D eigenvalue weighted by molar-refractivity contribution is 6.36. The first-order chi connectivity index (χ1) is 12.1. The summed E-state index contributed by atoms with van der Waals surface area (Å²) in [5.74, 6) is 0.979. The van der Waals surface area contributed by atoms with Crippen molar-refractivity contribution in [2.45, 2.75) is 26.7 Å². The fourth-order valence-corrected chi connectivity index (χ4v) is 3.72. The van der Waals surface area contributed by atoms with Crippen molar-refractivity contribution in [1.82, 2.24) is 14.5 Å². The zero-order valence-corrected chi connectivity index (χ0v) is 16.3. The van der Waals surface area contributed by atoms with Gasteiger partial charge >= 0.3 is 0 Å². The quantitative estimate of drug-likeness (QED) is 0.563. The lowest BCUT2D eigenvalue weighted by atomic mass is 10.1. The first-order valence-electron chi connectivity index (χ1n) is 8.57. The Hall–Kier alpha value is -1.78. The molecule has 0 unspecified atom stereocenters. The van der Waals surface area contributed by atoms with E-state index in [2.05, 4.69) is 39.5 Å². The molecule has 132 valence electrons. The summed E-state index contributed by atoms with van der Waals surface area (Å²) >= 11 is 12.5. The molecule has 25 heavy (non-hydrogen) atoms. The van der Waals surface area contributed by atoms with Gasteiger partial charge in [-0.25, -0.2) is 9.97 Å². The van der Waals surface area contributed by atoms with E-state index in [0.717, 1.165) is 53.9 Å². The van der Waals surface area contributed by atoms with Crippen LogP contribution in [0.25, 0.3) is 22.2 Å². The van der Waals surface area contributed by atoms with Crippen molar-refractivity contribution in [1.29, 1.82) is 0 Å². The van der Waals surface area contributed by atoms with Crippen LogP contribution in [0.1, 0.15) is 26.7 Å². The highest BCUT2D eigenvalue weighted by Crippen LogP contribution is 2.37. The van der Waals surface area contributed by atoms with Crippen molar-refractivity contribution in [2.24, 2.45) is 7.05 Å². The van der Waals surface area contributed by atoms with E-state index in [4.69, 9.17) is 23.2 Å². The molecule has 0 fully saturated rings. The maximum Gasteiger partial charge on any atom is 0.156 e. The van der Waals surface area contributed by atoms with Crippen LogP contribution in [0.3, 0.4) is 0 Å². The normalized spacial score (nSPS) is 11.2. The number of halogens is 2. The Morgan fingerprint density at radius 3 is 2.40 bits per heavy atom. The summed E-state index contributed by atoms with van der Waals surface area (Å²) in [6.45, 7) is 6.32. The SMILES string of the molecule is CCCN(CCC)c1ncnc2c(-c3ccc(Cl)cc3Cl)cn(C)c12. The Morgan fingerprint density at radius 2 is 1.76 bits per heavy atom. The van der Waals surface area contributed by atoms with Crippen LogP contribution in [0.2, 0.25) is 10.0 Å². The predicted octanol–water partition coefficient (Wildman–Crippen LogP) is 5.57. The molecule has 0 atom stereocenters. The molecule has 0 saturated carbocycles. The van der Waals surface area contributed by atoms with Crippen molar-refractivity contribution in [3.63, 3.8) is 0 Å². The van der Waals surface area contributed by atoms with Gasteiger partial charge in [0.1, 0.15) is 17.4 Å². The Morgan fingerprint density at radius 1 is 1.04 bits per heavy atom. The smallest absolute Gasteiger partial charge is 0.156 e. The molecule has 1 aromatic carbocycles. The molecule has 0 N–H and O–H groups in total. The van der Waals surface area contributed by atoms with Crippen LogP contribution < -0.4 is 4.90 Å². The Labute approximate surface area is 158 Å². The number of aryl methyl sites for hydroxylation is 1. The number of hydrogen-bond donors (Lipinski definition) is 0. The molecule has 0 spiro atoms. The van der Waals surface area contributed by atoms with Gasteiger partial charge in [0.2, 0.25) is 0 Å². The van der Waals surface area contributed by atoms with Gasteiger partial charge in [-0.15, -0.1) is 0 Å². The van der Waals surface area contributed by atoms with E-state index in [9.17, 15) is 0 Å². The standard InChI is InChI=1S/C19H22Cl2N4/c1-4-8-25(9-5-2)19-18-17(22-12-23-19)15(11-24(18)3)14-7-6-13(20)10-16(14)21/h6-7,10-12H,4-5,8-9H2,1-3H3. The number of nitrogens with zero attached hydrogens (tertiary/aromatic N) is 4. The summed E-state index contributed by atoms with van der Waals surface area (Å²) in [5, 5.41) is 1.25. The first-order valence-corrected chi connectivity index (χ1v) is 9.32. The fraction of sp³-hybridized carbons (Fsp3) is 0.368. The van der Waals surface area contributed by atoms with Crippen molar-refractivity contribution in [2.75, 3.05) is 18.0 Å². The van der Waals surface area contributed by atoms with Gasteiger partial charge in [-0.3, -0.25) is 0 Å². The summed E-state index contributed by atoms with van der Waals surface area (Å²) in [6.07, 6.45) is 5.86. The summed E-state index contributed by atoms with van der Waals surface area (Å²) in [5.41, 5.74) is 3.87. The molecule has 0 aliphatic heterocycles. The van der Waals surface area contributed by atoms with Crippen molar-refractivity contribution >= 4 is 40.1 Å². The van der Waals surface area contributed by atoms with Crippen LogP contribution in [0.15, 0.2) is 30.7 Å². The molecule has 3 rings (SSSR count). The van der Waals surface area contributed by atoms with Crippen LogP contribution in [0.5, 0.6) is 0 Å². The molecule has 3 aromatic rings. The monoisotopic (exact) mass is 376 g/mol. The first kappa shape index (κ1) is 18.0. The number of aromatic nitrogens is 3. The molecule has 4 nitrogen and oxygen atoms in total. The molecule has 0 saturated heterocycles. The summed E-state index contributed by atoms with van der Waals surface area (Å²) < 4.78 is 2.09. The lowest BCUT2D eigenvalue weighted by Crippen LogP contribution is -2.26. The summed E-state index contributed by atoms with van der Waals surface area (Å²) in [4.78, 5) is 11.5. The molecule has 0 radical (unpaired) electrons. The van der Waals surface area contributed by atoms with Crippen LogP contribution >= 0.6 is 23.2 Å². The van der Waals surface area contributed by atoms with Crippen molar-refractivity contribution < 1.29 is 0 Å². The second-order valence-electron chi connectivity index (χ2n) is 6.16. The summed E-state index contributed by atoms with van der Waals surface area (Å²) in [6, 6.07) is 5.56. The Kier molecular flexibility index (Phi) is 5.50. The van der Waals surface area contributed by atoms with Crippen LogP contribution in [-0.4, -0.2) is 27.6 Å². The number of rotatable bonds is 6. The Bertz CT molecular complexity index is 883. The minimum atomic E-state index is 0.624. The van der Waals surface area contributed by atoms with Gasteiger partial charge in [-0.2, -0.15) is 0 Å². The minimum Gasteiger partial charge on any atom is -0.355 e. The number of fused-ring (bicyclic) bond motifs is 1. The van der Waals surface area contributed by atoms with Gasteiger partial charge in [-0.05, 0) is 25.0 Å².